The van der Waals surface area contributed by atoms with Gasteiger partial charge < -0.3 is 14.8 Å². The van der Waals surface area contributed by atoms with Gasteiger partial charge in [-0.05, 0) is 41.3 Å². The van der Waals surface area contributed by atoms with Crippen molar-refractivity contribution in [2.75, 3.05) is 13.1 Å². The molecule has 1 aliphatic heterocycles. The van der Waals surface area contributed by atoms with Crippen LogP contribution in [0.25, 0.3) is 17.2 Å². The molecule has 0 aliphatic carbocycles. The van der Waals surface area contributed by atoms with E-state index in [1.807, 2.05) is 47.5 Å². The van der Waals surface area contributed by atoms with Gasteiger partial charge in [-0.15, -0.1) is 11.3 Å². The van der Waals surface area contributed by atoms with Crippen LogP contribution >= 0.6 is 22.9 Å². The van der Waals surface area contributed by atoms with E-state index in [1.165, 1.54) is 23.5 Å². The number of nitrogens with one attached hydrogen (secondary N) is 1. The Morgan fingerprint density at radius 1 is 1.15 bits per heavy atom. The normalized spacial score (nSPS) is 16.4. The second-order valence-corrected chi connectivity index (χ2v) is 9.61. The maximum atomic E-state index is 13.3. The van der Waals surface area contributed by atoms with Gasteiger partial charge in [0.15, 0.2) is 0 Å². The van der Waals surface area contributed by atoms with Crippen LogP contribution in [0.5, 0.6) is 0 Å². The molecule has 6 nitrogen and oxygen atoms in total. The zero-order valence-corrected chi connectivity index (χ0v) is 20.4. The summed E-state index contributed by atoms with van der Waals surface area (Å²) in [5.74, 6) is -0.167. The minimum Gasteiger partial charge on any atom is -0.335 e. The molecule has 1 fully saturated rings. The number of nitrogens with zero attached hydrogens (tertiary/aromatic N) is 2. The van der Waals surface area contributed by atoms with Crippen LogP contribution in [0, 0.1) is 0 Å². The van der Waals surface area contributed by atoms with Gasteiger partial charge in [0, 0.05) is 48.2 Å². The number of aromatic amines is 1. The second kappa shape index (κ2) is 10.8. The van der Waals surface area contributed by atoms with Crippen molar-refractivity contribution >= 4 is 40.8 Å². The predicted octanol–water partition coefficient (Wildman–Crippen LogP) is 4.81. The van der Waals surface area contributed by atoms with Gasteiger partial charge in [0.05, 0.1) is 5.02 Å². The van der Waals surface area contributed by atoms with Crippen LogP contribution in [0.4, 0.5) is 0 Å². The van der Waals surface area contributed by atoms with Crippen LogP contribution in [0.15, 0.2) is 64.9 Å². The first kappa shape index (κ1) is 24.0. The van der Waals surface area contributed by atoms with Crippen molar-refractivity contribution in [2.45, 2.75) is 32.4 Å². The molecule has 34 heavy (non-hydrogen) atoms. The second-order valence-electron chi connectivity index (χ2n) is 8.24. The molecule has 1 N–H and O–H groups in total. The molecule has 2 aromatic heterocycles. The minimum absolute atomic E-state index is 0.0151. The Morgan fingerprint density at radius 3 is 2.56 bits per heavy atom. The lowest BCUT2D eigenvalue weighted by Gasteiger charge is -2.40. The van der Waals surface area contributed by atoms with Gasteiger partial charge >= 0.3 is 0 Å². The van der Waals surface area contributed by atoms with Gasteiger partial charge in [0.1, 0.15) is 6.04 Å². The smallest absolute Gasteiger partial charge is 0.247 e. The maximum absolute atomic E-state index is 13.3. The number of H-pyrrole nitrogens is 1. The number of amides is 2. The van der Waals surface area contributed by atoms with Crippen molar-refractivity contribution in [2.24, 2.45) is 0 Å². The van der Waals surface area contributed by atoms with Crippen molar-refractivity contribution < 1.29 is 9.59 Å². The predicted molar refractivity (Wildman–Crippen MR) is 137 cm³/mol. The van der Waals surface area contributed by atoms with Gasteiger partial charge in [0.25, 0.3) is 0 Å². The van der Waals surface area contributed by atoms with Crippen LogP contribution in [-0.2, 0) is 16.1 Å². The summed E-state index contributed by atoms with van der Waals surface area (Å²) < 4.78 is 0. The maximum Gasteiger partial charge on any atom is 0.247 e. The van der Waals surface area contributed by atoms with E-state index in [9.17, 15) is 14.4 Å². The first-order valence-corrected chi connectivity index (χ1v) is 12.5. The first-order valence-electron chi connectivity index (χ1n) is 11.2. The van der Waals surface area contributed by atoms with Crippen molar-refractivity contribution in [3.63, 3.8) is 0 Å². The number of carbonyl (C=O) groups is 2. The number of halogens is 1. The Kier molecular flexibility index (Phi) is 7.65. The van der Waals surface area contributed by atoms with Gasteiger partial charge in [-0.1, -0.05) is 49.2 Å². The molecule has 176 valence electrons. The highest BCUT2D eigenvalue weighted by Gasteiger charge is 2.35. The summed E-state index contributed by atoms with van der Waals surface area (Å²) in [6, 6.07) is 12.6. The fraction of sp³-hybridized carbons (Fsp3) is 0.269. The molecule has 1 atom stereocenters. The summed E-state index contributed by atoms with van der Waals surface area (Å²) >= 11 is 7.43. The molecule has 3 aromatic rings. The van der Waals surface area contributed by atoms with E-state index >= 15 is 0 Å². The summed E-state index contributed by atoms with van der Waals surface area (Å²) in [5.41, 5.74) is 2.80. The number of rotatable bonds is 7. The number of hydrogen-bond acceptors (Lipinski definition) is 4. The van der Waals surface area contributed by atoms with Crippen molar-refractivity contribution in [1.29, 1.82) is 0 Å². The molecular weight excluding hydrogens is 470 g/mol. The van der Waals surface area contributed by atoms with Crippen LogP contribution in [0.1, 0.15) is 30.2 Å². The lowest BCUT2D eigenvalue weighted by Crippen LogP contribution is -2.58. The quantitative estimate of drug-likeness (QED) is 0.478. The van der Waals surface area contributed by atoms with E-state index in [4.69, 9.17) is 11.6 Å². The Morgan fingerprint density at radius 2 is 1.91 bits per heavy atom. The molecule has 2 amide bonds. The average Bonchev–Trinajstić information content (AvgIpc) is 3.26. The van der Waals surface area contributed by atoms with E-state index in [1.54, 1.807) is 23.2 Å². The average molecular weight is 496 g/mol. The molecule has 1 saturated heterocycles. The van der Waals surface area contributed by atoms with E-state index < -0.39 is 6.04 Å². The van der Waals surface area contributed by atoms with Gasteiger partial charge in [-0.25, -0.2) is 0 Å². The summed E-state index contributed by atoms with van der Waals surface area (Å²) in [5, 5.41) is 2.47. The van der Waals surface area contributed by atoms with Gasteiger partial charge in [-0.3, -0.25) is 14.4 Å². The SMILES string of the molecule is CCCC1C(=O)N(Cc2ccc(-c3ccc(=O)[nH]c3)cc2)CCN1C(=O)/C=C/c1cc(Cl)cs1. The van der Waals surface area contributed by atoms with Gasteiger partial charge in [-0.2, -0.15) is 0 Å². The highest BCUT2D eigenvalue weighted by atomic mass is 35.5. The Bertz CT molecular complexity index is 1230. The molecule has 0 radical (unpaired) electrons. The molecule has 1 aliphatic rings. The summed E-state index contributed by atoms with van der Waals surface area (Å²) in [6.07, 6.45) is 6.41. The molecular formula is C26H26ClN3O3S. The molecule has 3 heterocycles. The number of carbonyl (C=O) groups excluding carboxylic acids is 2. The standard InChI is InChI=1S/C26H26ClN3O3S/c1-2-3-23-26(33)29(12-13-30(23)25(32)11-9-22-14-21(27)17-34-22)16-18-4-6-19(7-5-18)20-8-10-24(31)28-15-20/h4-11,14-15,17,23H,2-3,12-13,16H2,1H3,(H,28,31)/b11-9+. The largest absolute Gasteiger partial charge is 0.335 e. The van der Waals surface area contributed by atoms with Crippen LogP contribution in [0.3, 0.4) is 0 Å². The Labute approximate surface area is 207 Å². The van der Waals surface area contributed by atoms with Crippen LogP contribution in [0.2, 0.25) is 5.02 Å². The number of hydrogen-bond donors (Lipinski definition) is 1. The zero-order valence-electron chi connectivity index (χ0n) is 18.9. The molecule has 0 bridgehead atoms. The van der Waals surface area contributed by atoms with Crippen LogP contribution in [-0.4, -0.2) is 45.7 Å². The molecule has 0 saturated carbocycles. The summed E-state index contributed by atoms with van der Waals surface area (Å²) in [7, 11) is 0. The van der Waals surface area contributed by atoms with E-state index in [0.29, 0.717) is 31.1 Å². The minimum atomic E-state index is -0.455. The van der Waals surface area contributed by atoms with Gasteiger partial charge in [0.2, 0.25) is 17.4 Å². The topological polar surface area (TPSA) is 73.5 Å². The molecule has 1 unspecified atom stereocenters. The number of piperazine rings is 1. The Hall–Kier alpha value is -3.16. The van der Waals surface area contributed by atoms with E-state index in [2.05, 4.69) is 4.98 Å². The first-order chi connectivity index (χ1) is 16.4. The summed E-state index contributed by atoms with van der Waals surface area (Å²) in [4.78, 5) is 44.6. The van der Waals surface area contributed by atoms with Crippen molar-refractivity contribution in [3.8, 4) is 11.1 Å². The lowest BCUT2D eigenvalue weighted by atomic mass is 10.0. The molecule has 0 spiro atoms. The third-order valence-corrected chi connectivity index (χ3v) is 7.10. The third kappa shape index (κ3) is 5.66. The molecule has 8 heteroatoms. The highest BCUT2D eigenvalue weighted by Crippen LogP contribution is 2.23. The van der Waals surface area contributed by atoms with E-state index in [0.717, 1.165) is 28.0 Å². The number of benzene rings is 1. The third-order valence-electron chi connectivity index (χ3n) is 5.85. The number of thiophene rings is 1. The van der Waals surface area contributed by atoms with Crippen molar-refractivity contribution in [1.82, 2.24) is 14.8 Å². The fourth-order valence-corrected chi connectivity index (χ4v) is 5.06. The number of aromatic nitrogens is 1. The molecule has 4 rings (SSSR count). The summed E-state index contributed by atoms with van der Waals surface area (Å²) in [6.45, 7) is 3.51. The Balaban J connectivity index is 1.43. The van der Waals surface area contributed by atoms with E-state index in [-0.39, 0.29) is 17.4 Å². The zero-order chi connectivity index (χ0) is 24.1. The van der Waals surface area contributed by atoms with Crippen molar-refractivity contribution in [3.05, 3.63) is 85.9 Å². The highest BCUT2D eigenvalue weighted by molar-refractivity contribution is 7.11. The fourth-order valence-electron chi connectivity index (χ4n) is 4.09. The number of pyridine rings is 1. The van der Waals surface area contributed by atoms with Crippen LogP contribution < -0.4 is 5.56 Å². The lowest BCUT2D eigenvalue weighted by molar-refractivity contribution is -0.150. The monoisotopic (exact) mass is 495 g/mol. The molecule has 1 aromatic carbocycles.